The largest absolute Gasteiger partial charge is 0.280 e. The van der Waals surface area contributed by atoms with Gasteiger partial charge in [0.05, 0.1) is 5.56 Å². The molecule has 0 saturated carbocycles. The molecule has 0 fully saturated rings. The minimum atomic E-state index is -0.271. The van der Waals surface area contributed by atoms with Crippen LogP contribution in [0.15, 0.2) is 18.3 Å². The Morgan fingerprint density at radius 2 is 2.14 bits per heavy atom. The van der Waals surface area contributed by atoms with Crippen LogP contribution in [-0.2, 0) is 0 Å². The molecule has 0 aromatic carbocycles. The molecule has 0 spiro atoms. The van der Waals surface area contributed by atoms with Gasteiger partial charge in [0.15, 0.2) is 0 Å². The van der Waals surface area contributed by atoms with Gasteiger partial charge in [-0.25, -0.2) is 0 Å². The monoisotopic (exact) mass is 190 g/mol. The quantitative estimate of drug-likeness (QED) is 0.656. The van der Waals surface area contributed by atoms with Crippen molar-refractivity contribution in [1.82, 2.24) is 9.88 Å². The SMILES string of the molecule is CCCN1C(=O)c2cccnc2C1=O. The second-order valence-electron chi connectivity index (χ2n) is 3.16. The van der Waals surface area contributed by atoms with Crippen LogP contribution in [0, 0.1) is 0 Å². The molecule has 0 saturated heterocycles. The van der Waals surface area contributed by atoms with Crippen molar-refractivity contribution < 1.29 is 9.59 Å². The molecule has 14 heavy (non-hydrogen) atoms. The molecular weight excluding hydrogens is 180 g/mol. The van der Waals surface area contributed by atoms with Crippen molar-refractivity contribution in [2.75, 3.05) is 6.54 Å². The molecule has 72 valence electrons. The van der Waals surface area contributed by atoms with Crippen molar-refractivity contribution in [2.45, 2.75) is 13.3 Å². The summed E-state index contributed by atoms with van der Waals surface area (Å²) in [7, 11) is 0. The van der Waals surface area contributed by atoms with Crippen LogP contribution in [0.1, 0.15) is 34.2 Å². The topological polar surface area (TPSA) is 50.3 Å². The minimum Gasteiger partial charge on any atom is -0.273 e. The van der Waals surface area contributed by atoms with Gasteiger partial charge in [0, 0.05) is 12.7 Å². The fourth-order valence-corrected chi connectivity index (χ4v) is 1.54. The fourth-order valence-electron chi connectivity index (χ4n) is 1.54. The highest BCUT2D eigenvalue weighted by Gasteiger charge is 2.35. The van der Waals surface area contributed by atoms with Gasteiger partial charge < -0.3 is 0 Å². The number of carbonyl (C=O) groups is 2. The maximum Gasteiger partial charge on any atom is 0.280 e. The van der Waals surface area contributed by atoms with Crippen molar-refractivity contribution in [3.8, 4) is 0 Å². The Morgan fingerprint density at radius 3 is 2.79 bits per heavy atom. The highest BCUT2D eigenvalue weighted by Crippen LogP contribution is 2.20. The van der Waals surface area contributed by atoms with Gasteiger partial charge in [-0.2, -0.15) is 0 Å². The lowest BCUT2D eigenvalue weighted by Gasteiger charge is -2.10. The van der Waals surface area contributed by atoms with Crippen molar-refractivity contribution in [3.63, 3.8) is 0 Å². The predicted octanol–water partition coefficient (Wildman–Crippen LogP) is 1.09. The molecule has 1 aliphatic heterocycles. The summed E-state index contributed by atoms with van der Waals surface area (Å²) in [4.78, 5) is 28.5. The van der Waals surface area contributed by atoms with E-state index in [2.05, 4.69) is 4.98 Å². The van der Waals surface area contributed by atoms with Crippen LogP contribution < -0.4 is 0 Å². The number of fused-ring (bicyclic) bond motifs is 1. The van der Waals surface area contributed by atoms with Gasteiger partial charge in [-0.1, -0.05) is 6.92 Å². The normalized spacial score (nSPS) is 14.8. The lowest BCUT2D eigenvalue weighted by molar-refractivity contribution is 0.0652. The van der Waals surface area contributed by atoms with E-state index < -0.39 is 0 Å². The number of carbonyl (C=O) groups excluding carboxylic acids is 2. The number of hydrogen-bond acceptors (Lipinski definition) is 3. The van der Waals surface area contributed by atoms with E-state index in [0.717, 1.165) is 6.42 Å². The Kier molecular flexibility index (Phi) is 2.04. The molecule has 1 aromatic heterocycles. The number of aromatic nitrogens is 1. The summed E-state index contributed by atoms with van der Waals surface area (Å²) in [5, 5.41) is 0. The van der Waals surface area contributed by atoms with Gasteiger partial charge >= 0.3 is 0 Å². The summed E-state index contributed by atoms with van der Waals surface area (Å²) < 4.78 is 0. The zero-order valence-electron chi connectivity index (χ0n) is 7.86. The Bertz CT molecular complexity index is 366. The van der Waals surface area contributed by atoms with Gasteiger partial charge in [0.25, 0.3) is 11.8 Å². The van der Waals surface area contributed by atoms with Crippen molar-refractivity contribution >= 4 is 11.8 Å². The van der Waals surface area contributed by atoms with E-state index in [1.54, 1.807) is 12.1 Å². The number of amides is 2. The molecule has 0 aliphatic carbocycles. The van der Waals surface area contributed by atoms with E-state index in [1.807, 2.05) is 6.92 Å². The van der Waals surface area contributed by atoms with Crippen LogP contribution in [0.25, 0.3) is 0 Å². The number of nitrogens with zero attached hydrogens (tertiary/aromatic N) is 2. The average Bonchev–Trinajstić information content (AvgIpc) is 2.45. The third kappa shape index (κ3) is 1.11. The molecule has 4 heteroatoms. The number of rotatable bonds is 2. The maximum atomic E-state index is 11.7. The highest BCUT2D eigenvalue weighted by molar-refractivity contribution is 6.20. The first-order chi connectivity index (χ1) is 6.75. The second-order valence-corrected chi connectivity index (χ2v) is 3.16. The molecule has 1 aromatic rings. The van der Waals surface area contributed by atoms with Crippen LogP contribution in [0.3, 0.4) is 0 Å². The first kappa shape index (κ1) is 8.87. The smallest absolute Gasteiger partial charge is 0.273 e. The van der Waals surface area contributed by atoms with Crippen molar-refractivity contribution in [2.24, 2.45) is 0 Å². The minimum absolute atomic E-state index is 0.222. The van der Waals surface area contributed by atoms with E-state index in [0.29, 0.717) is 12.1 Å². The Labute approximate surface area is 81.6 Å². The second kappa shape index (κ2) is 3.21. The molecule has 2 rings (SSSR count). The molecule has 0 N–H and O–H groups in total. The van der Waals surface area contributed by atoms with Crippen molar-refractivity contribution in [1.29, 1.82) is 0 Å². The summed E-state index contributed by atoms with van der Waals surface area (Å²) in [5.41, 5.74) is 0.705. The third-order valence-corrected chi connectivity index (χ3v) is 2.18. The molecule has 0 unspecified atom stereocenters. The van der Waals surface area contributed by atoms with Crippen LogP contribution in [0.5, 0.6) is 0 Å². The number of pyridine rings is 1. The summed E-state index contributed by atoms with van der Waals surface area (Å²) >= 11 is 0. The fraction of sp³-hybridized carbons (Fsp3) is 0.300. The third-order valence-electron chi connectivity index (χ3n) is 2.18. The van der Waals surface area contributed by atoms with E-state index in [1.165, 1.54) is 11.1 Å². The van der Waals surface area contributed by atoms with Gasteiger partial charge in [-0.05, 0) is 18.6 Å². The van der Waals surface area contributed by atoms with Crippen LogP contribution in [0.4, 0.5) is 0 Å². The van der Waals surface area contributed by atoms with Gasteiger partial charge in [0.2, 0.25) is 0 Å². The molecule has 2 amide bonds. The van der Waals surface area contributed by atoms with Crippen LogP contribution >= 0.6 is 0 Å². The zero-order valence-corrected chi connectivity index (χ0v) is 7.86. The first-order valence-electron chi connectivity index (χ1n) is 4.57. The average molecular weight is 190 g/mol. The lowest BCUT2D eigenvalue weighted by atomic mass is 10.2. The standard InChI is InChI=1S/C10H10N2O2/c1-2-6-12-9(13)7-4-3-5-11-8(7)10(12)14/h3-5H,2,6H2,1H3. The molecule has 2 heterocycles. The summed E-state index contributed by atoms with van der Waals surface area (Å²) in [6, 6.07) is 3.30. The van der Waals surface area contributed by atoms with Crippen molar-refractivity contribution in [3.05, 3.63) is 29.6 Å². The zero-order chi connectivity index (χ0) is 10.1. The molecule has 1 aliphatic rings. The summed E-state index contributed by atoms with van der Waals surface area (Å²) in [6.07, 6.45) is 2.30. The Hall–Kier alpha value is -1.71. The van der Waals surface area contributed by atoms with E-state index in [9.17, 15) is 9.59 Å². The molecule has 0 bridgehead atoms. The highest BCUT2D eigenvalue weighted by atomic mass is 16.2. The van der Waals surface area contributed by atoms with Gasteiger partial charge in [-0.15, -0.1) is 0 Å². The summed E-state index contributed by atoms with van der Waals surface area (Å²) in [5.74, 6) is -0.493. The number of imide groups is 1. The molecule has 0 atom stereocenters. The van der Waals surface area contributed by atoms with Crippen LogP contribution in [-0.4, -0.2) is 28.2 Å². The number of hydrogen-bond donors (Lipinski definition) is 0. The molecular formula is C10H10N2O2. The molecule has 0 radical (unpaired) electrons. The Balaban J connectivity index is 2.43. The van der Waals surface area contributed by atoms with Crippen LogP contribution in [0.2, 0.25) is 0 Å². The predicted molar refractivity (Wildman–Crippen MR) is 49.9 cm³/mol. The van der Waals surface area contributed by atoms with Gasteiger partial charge in [0.1, 0.15) is 5.69 Å². The lowest BCUT2D eigenvalue weighted by Crippen LogP contribution is -2.30. The molecule has 4 nitrogen and oxygen atoms in total. The van der Waals surface area contributed by atoms with E-state index in [-0.39, 0.29) is 17.5 Å². The summed E-state index contributed by atoms with van der Waals surface area (Å²) in [6.45, 7) is 2.39. The van der Waals surface area contributed by atoms with Gasteiger partial charge in [-0.3, -0.25) is 19.5 Å². The first-order valence-corrected chi connectivity index (χ1v) is 4.57. The Morgan fingerprint density at radius 1 is 1.36 bits per heavy atom. The van der Waals surface area contributed by atoms with E-state index >= 15 is 0 Å². The maximum absolute atomic E-state index is 11.7. The van der Waals surface area contributed by atoms with E-state index in [4.69, 9.17) is 0 Å².